The minimum Gasteiger partial charge on any atom is -0.478 e. The first kappa shape index (κ1) is 17.7. The van der Waals surface area contributed by atoms with E-state index in [1.807, 2.05) is 6.92 Å². The van der Waals surface area contributed by atoms with Gasteiger partial charge in [0.05, 0.1) is 5.56 Å². The molecule has 1 N–H and O–H groups in total. The number of halogens is 2. The summed E-state index contributed by atoms with van der Waals surface area (Å²) in [7, 11) is 1.46. The number of hydrogen-bond donors (Lipinski definition) is 1. The molecule has 7 heteroatoms. The molecule has 2 rings (SSSR count). The summed E-state index contributed by atoms with van der Waals surface area (Å²) < 4.78 is 42.4. The van der Waals surface area contributed by atoms with Gasteiger partial charge in [0, 0.05) is 37.8 Å². The van der Waals surface area contributed by atoms with Crippen molar-refractivity contribution in [2.45, 2.75) is 19.6 Å². The molecule has 0 spiro atoms. The molecule has 0 radical (unpaired) electrons. The quantitative estimate of drug-likeness (QED) is 0.766. The van der Waals surface area contributed by atoms with Gasteiger partial charge in [-0.25, -0.2) is 13.6 Å². The third-order valence-electron chi connectivity index (χ3n) is 3.06. The zero-order chi connectivity index (χ0) is 17.7. The Labute approximate surface area is 137 Å². The second kappa shape index (κ2) is 7.74. The number of benzene rings is 2. The third kappa shape index (κ3) is 4.66. The van der Waals surface area contributed by atoms with Gasteiger partial charge in [-0.05, 0) is 12.1 Å². The van der Waals surface area contributed by atoms with Crippen molar-refractivity contribution in [2.24, 2.45) is 0 Å². The number of carbonyl (C=O) groups is 1. The summed E-state index contributed by atoms with van der Waals surface area (Å²) in [4.78, 5) is 11.2. The fraction of sp³-hybridized carbons (Fsp3) is 0.235. The Morgan fingerprint density at radius 3 is 2.17 bits per heavy atom. The van der Waals surface area contributed by atoms with Gasteiger partial charge in [0.25, 0.3) is 0 Å². The van der Waals surface area contributed by atoms with Crippen molar-refractivity contribution in [1.29, 1.82) is 0 Å². The van der Waals surface area contributed by atoms with Crippen LogP contribution in [0.15, 0.2) is 36.4 Å². The van der Waals surface area contributed by atoms with Gasteiger partial charge in [-0.2, -0.15) is 0 Å². The Balaban J connectivity index is 2.34. The van der Waals surface area contributed by atoms with Crippen LogP contribution in [0, 0.1) is 11.6 Å². The molecule has 0 aromatic heterocycles. The van der Waals surface area contributed by atoms with E-state index in [-0.39, 0.29) is 22.8 Å². The average Bonchev–Trinajstić information content (AvgIpc) is 2.51. The highest BCUT2D eigenvalue weighted by Crippen LogP contribution is 2.29. The zero-order valence-corrected chi connectivity index (χ0v) is 13.1. The fourth-order valence-corrected chi connectivity index (χ4v) is 2.00. The van der Waals surface area contributed by atoms with E-state index in [0.29, 0.717) is 12.5 Å². The minimum absolute atomic E-state index is 0.0702. The maximum Gasteiger partial charge on any atom is 0.335 e. The molecule has 2 aromatic carbocycles. The van der Waals surface area contributed by atoms with Crippen LogP contribution in [0.4, 0.5) is 8.78 Å². The van der Waals surface area contributed by atoms with Crippen LogP contribution in [-0.4, -0.2) is 24.5 Å². The van der Waals surface area contributed by atoms with E-state index in [9.17, 15) is 18.7 Å². The lowest BCUT2D eigenvalue weighted by molar-refractivity contribution is -0.0549. The second-order valence-electron chi connectivity index (χ2n) is 4.90. The summed E-state index contributed by atoms with van der Waals surface area (Å²) in [5.41, 5.74) is -0.0923. The van der Waals surface area contributed by atoms with Gasteiger partial charge < -0.3 is 19.3 Å². The van der Waals surface area contributed by atoms with Gasteiger partial charge in [-0.15, -0.1) is 0 Å². The van der Waals surface area contributed by atoms with Crippen LogP contribution in [0.3, 0.4) is 0 Å². The Morgan fingerprint density at radius 2 is 1.62 bits per heavy atom. The molecule has 128 valence electrons. The predicted molar refractivity (Wildman–Crippen MR) is 81.5 cm³/mol. The van der Waals surface area contributed by atoms with Gasteiger partial charge in [-0.3, -0.25) is 0 Å². The van der Waals surface area contributed by atoms with E-state index in [0.717, 1.165) is 12.1 Å². The topological polar surface area (TPSA) is 65.0 Å². The van der Waals surface area contributed by atoms with Crippen LogP contribution in [0.5, 0.6) is 17.2 Å². The Morgan fingerprint density at radius 1 is 1.04 bits per heavy atom. The van der Waals surface area contributed by atoms with Crippen LogP contribution in [0.1, 0.15) is 23.7 Å². The zero-order valence-electron chi connectivity index (χ0n) is 13.1. The molecule has 1 atom stereocenters. The minimum atomic E-state index is -1.19. The first-order valence-corrected chi connectivity index (χ1v) is 7.13. The third-order valence-corrected chi connectivity index (χ3v) is 3.06. The highest BCUT2D eigenvalue weighted by molar-refractivity contribution is 5.88. The number of ether oxygens (including phenoxy) is 3. The Hall–Kier alpha value is -2.67. The maximum atomic E-state index is 13.2. The van der Waals surface area contributed by atoms with Crippen molar-refractivity contribution in [3.8, 4) is 17.2 Å². The monoisotopic (exact) mass is 338 g/mol. The van der Waals surface area contributed by atoms with Crippen molar-refractivity contribution in [3.63, 3.8) is 0 Å². The number of hydrogen-bond acceptors (Lipinski definition) is 4. The summed E-state index contributed by atoms with van der Waals surface area (Å²) >= 11 is 0. The molecule has 0 saturated carbocycles. The average molecular weight is 338 g/mol. The lowest BCUT2D eigenvalue weighted by atomic mass is 10.2. The molecule has 0 fully saturated rings. The van der Waals surface area contributed by atoms with Crippen molar-refractivity contribution in [1.82, 2.24) is 0 Å². The number of rotatable bonds is 7. The number of carboxylic acids is 1. The first-order valence-electron chi connectivity index (χ1n) is 7.13. The number of methoxy groups -OCH3 is 1. The van der Waals surface area contributed by atoms with Crippen LogP contribution in [0.25, 0.3) is 0 Å². The van der Waals surface area contributed by atoms with Gasteiger partial charge in [0.15, 0.2) is 6.29 Å². The number of aromatic carboxylic acids is 1. The normalized spacial score (nSPS) is 11.8. The van der Waals surface area contributed by atoms with Gasteiger partial charge >= 0.3 is 5.97 Å². The van der Waals surface area contributed by atoms with Gasteiger partial charge in [0.1, 0.15) is 28.9 Å². The Bertz CT molecular complexity index is 709. The van der Waals surface area contributed by atoms with E-state index >= 15 is 0 Å². The van der Waals surface area contributed by atoms with Gasteiger partial charge in [0.2, 0.25) is 0 Å². The standard InChI is InChI=1S/C17H16F2O5/c1-3-16(22-2)24-14-5-10(17(20)21)4-13(9-14)23-15-7-11(18)6-12(19)8-15/h4-9,16H,3H2,1-2H3,(H,20,21). The summed E-state index contributed by atoms with van der Waals surface area (Å²) in [5.74, 6) is -2.63. The highest BCUT2D eigenvalue weighted by Gasteiger charge is 2.13. The van der Waals surface area contributed by atoms with E-state index in [2.05, 4.69) is 0 Å². The lowest BCUT2D eigenvalue weighted by Gasteiger charge is -2.17. The maximum absolute atomic E-state index is 13.2. The lowest BCUT2D eigenvalue weighted by Crippen LogP contribution is -2.17. The molecule has 0 bridgehead atoms. The molecule has 24 heavy (non-hydrogen) atoms. The summed E-state index contributed by atoms with van der Waals surface area (Å²) in [6.45, 7) is 1.84. The molecule has 0 aliphatic carbocycles. The van der Waals surface area contributed by atoms with E-state index in [1.165, 1.54) is 25.3 Å². The van der Waals surface area contributed by atoms with Crippen molar-refractivity contribution in [3.05, 3.63) is 53.6 Å². The molecule has 0 aliphatic rings. The van der Waals surface area contributed by atoms with Crippen LogP contribution in [-0.2, 0) is 4.74 Å². The van der Waals surface area contributed by atoms with Crippen molar-refractivity contribution < 1.29 is 32.9 Å². The molecular formula is C17H16F2O5. The molecule has 0 heterocycles. The summed E-state index contributed by atoms with van der Waals surface area (Å²) in [5, 5.41) is 9.17. The van der Waals surface area contributed by atoms with Crippen LogP contribution in [0.2, 0.25) is 0 Å². The molecule has 0 amide bonds. The van der Waals surface area contributed by atoms with Gasteiger partial charge in [-0.1, -0.05) is 6.92 Å². The van der Waals surface area contributed by atoms with E-state index in [4.69, 9.17) is 14.2 Å². The van der Waals surface area contributed by atoms with Crippen molar-refractivity contribution >= 4 is 5.97 Å². The second-order valence-corrected chi connectivity index (χ2v) is 4.90. The summed E-state index contributed by atoms with van der Waals surface area (Å²) in [6.07, 6.45) is -0.0208. The predicted octanol–water partition coefficient (Wildman–Crippen LogP) is 4.22. The molecule has 0 aliphatic heterocycles. The smallest absolute Gasteiger partial charge is 0.335 e. The fourth-order valence-electron chi connectivity index (χ4n) is 2.00. The molecule has 5 nitrogen and oxygen atoms in total. The van der Waals surface area contributed by atoms with E-state index in [1.54, 1.807) is 0 Å². The van der Waals surface area contributed by atoms with E-state index < -0.39 is 23.9 Å². The SMILES string of the molecule is CCC(OC)Oc1cc(Oc2cc(F)cc(F)c2)cc(C(=O)O)c1. The largest absolute Gasteiger partial charge is 0.478 e. The molecule has 0 saturated heterocycles. The number of carboxylic acid groups (broad SMARTS) is 1. The summed E-state index contributed by atoms with van der Waals surface area (Å²) in [6, 6.07) is 6.63. The van der Waals surface area contributed by atoms with Crippen molar-refractivity contribution in [2.75, 3.05) is 7.11 Å². The Kier molecular flexibility index (Phi) is 5.70. The molecular weight excluding hydrogens is 322 g/mol. The highest BCUT2D eigenvalue weighted by atomic mass is 19.1. The van der Waals surface area contributed by atoms with Crippen LogP contribution < -0.4 is 9.47 Å². The molecule has 2 aromatic rings. The first-order chi connectivity index (χ1) is 11.4. The van der Waals surface area contributed by atoms with Crippen LogP contribution >= 0.6 is 0 Å². The molecule has 1 unspecified atom stereocenters.